The number of rotatable bonds is 8. The Morgan fingerprint density at radius 3 is 2.50 bits per heavy atom. The maximum atomic E-state index is 12.3. The number of para-hydroxylation sites is 1. The zero-order valence-corrected chi connectivity index (χ0v) is 21.3. The molecule has 7 nitrogen and oxygen atoms in total. The highest BCUT2D eigenvalue weighted by atomic mass is 16.5. The monoisotopic (exact) mass is 486 g/mol. The van der Waals surface area contributed by atoms with Crippen molar-refractivity contribution in [2.45, 2.75) is 71.2 Å². The highest BCUT2D eigenvalue weighted by molar-refractivity contribution is 5.79. The van der Waals surface area contributed by atoms with E-state index in [2.05, 4.69) is 34.4 Å². The summed E-state index contributed by atoms with van der Waals surface area (Å²) in [5, 5.41) is 11.5. The quantitative estimate of drug-likeness (QED) is 0.447. The fourth-order valence-corrected chi connectivity index (χ4v) is 4.26. The van der Waals surface area contributed by atoms with Crippen LogP contribution in [0.1, 0.15) is 64.3 Å². The van der Waals surface area contributed by atoms with E-state index in [1.165, 1.54) is 0 Å². The molecule has 1 aliphatic rings. The van der Waals surface area contributed by atoms with Crippen LogP contribution in [0.4, 0.5) is 0 Å². The van der Waals surface area contributed by atoms with Crippen molar-refractivity contribution in [1.82, 2.24) is 20.3 Å². The SMILES string of the molecule is CC(C)NC(=O)[C@H](C)[C@H]1CC[C@@H](C[C@@H](C)n2cc(C#Cc3ccc(Oc4ccccc4)cc3)nn2)O1. The maximum Gasteiger partial charge on any atom is 0.225 e. The van der Waals surface area contributed by atoms with E-state index >= 15 is 0 Å². The first-order valence-corrected chi connectivity index (χ1v) is 12.6. The first kappa shape index (κ1) is 25.5. The van der Waals surface area contributed by atoms with Gasteiger partial charge >= 0.3 is 0 Å². The molecule has 3 aromatic rings. The molecule has 0 radical (unpaired) electrons. The number of hydrogen-bond acceptors (Lipinski definition) is 5. The molecule has 1 aliphatic heterocycles. The summed E-state index contributed by atoms with van der Waals surface area (Å²) in [5.74, 6) is 7.69. The van der Waals surface area contributed by atoms with Crippen LogP contribution in [0.5, 0.6) is 11.5 Å². The minimum absolute atomic E-state index is 0.0393. The zero-order valence-electron chi connectivity index (χ0n) is 21.3. The van der Waals surface area contributed by atoms with Gasteiger partial charge in [-0.2, -0.15) is 0 Å². The third-order valence-electron chi connectivity index (χ3n) is 6.28. The second-order valence-electron chi connectivity index (χ2n) is 9.68. The molecular formula is C29H34N4O3. The molecule has 1 saturated heterocycles. The lowest BCUT2D eigenvalue weighted by Gasteiger charge is -2.22. The number of hydrogen-bond donors (Lipinski definition) is 1. The molecule has 7 heteroatoms. The smallest absolute Gasteiger partial charge is 0.225 e. The molecule has 1 N–H and O–H groups in total. The van der Waals surface area contributed by atoms with Gasteiger partial charge in [-0.05, 0) is 82.4 Å². The highest BCUT2D eigenvalue weighted by Crippen LogP contribution is 2.30. The van der Waals surface area contributed by atoms with Crippen LogP contribution >= 0.6 is 0 Å². The number of nitrogens with zero attached hydrogens (tertiary/aromatic N) is 3. The maximum absolute atomic E-state index is 12.3. The van der Waals surface area contributed by atoms with E-state index in [0.29, 0.717) is 5.69 Å². The summed E-state index contributed by atoms with van der Waals surface area (Å²) in [6.45, 7) is 7.99. The third-order valence-corrected chi connectivity index (χ3v) is 6.28. The number of aromatic nitrogens is 3. The van der Waals surface area contributed by atoms with E-state index in [-0.39, 0.29) is 36.1 Å². The summed E-state index contributed by atoms with van der Waals surface area (Å²) in [6, 6.07) is 17.6. The van der Waals surface area contributed by atoms with Crippen molar-refractivity contribution in [1.29, 1.82) is 0 Å². The Labute approximate surface area is 213 Å². The molecule has 0 unspecified atom stereocenters. The molecule has 4 rings (SSSR count). The summed E-state index contributed by atoms with van der Waals surface area (Å²) in [4.78, 5) is 12.3. The second-order valence-corrected chi connectivity index (χ2v) is 9.68. The predicted molar refractivity (Wildman–Crippen MR) is 139 cm³/mol. The van der Waals surface area contributed by atoms with E-state index in [1.807, 2.05) is 86.2 Å². The summed E-state index contributed by atoms with van der Waals surface area (Å²) in [7, 11) is 0. The minimum Gasteiger partial charge on any atom is -0.457 e. The normalized spacial score (nSPS) is 18.8. The molecule has 1 fully saturated rings. The largest absolute Gasteiger partial charge is 0.457 e. The van der Waals surface area contributed by atoms with E-state index in [1.54, 1.807) is 0 Å². The Kier molecular flexibility index (Phi) is 8.40. The fourth-order valence-electron chi connectivity index (χ4n) is 4.26. The van der Waals surface area contributed by atoms with E-state index in [9.17, 15) is 4.79 Å². The van der Waals surface area contributed by atoms with E-state index < -0.39 is 0 Å². The molecule has 4 atom stereocenters. The summed E-state index contributed by atoms with van der Waals surface area (Å²) >= 11 is 0. The fraction of sp³-hybridized carbons (Fsp3) is 0.414. The van der Waals surface area contributed by atoms with E-state index in [0.717, 1.165) is 36.3 Å². The van der Waals surface area contributed by atoms with Gasteiger partial charge in [0.05, 0.1) is 30.4 Å². The number of benzene rings is 2. The van der Waals surface area contributed by atoms with Crippen molar-refractivity contribution in [3.8, 4) is 23.3 Å². The van der Waals surface area contributed by atoms with Crippen LogP contribution in [-0.4, -0.2) is 39.2 Å². The molecule has 2 aromatic carbocycles. The standard InChI is InChI=1S/C29H34N4O3/c1-20(2)30-29(34)22(4)28-17-16-27(36-28)18-21(3)33-19-24(31-32-33)13-10-23-11-14-26(15-12-23)35-25-8-6-5-7-9-25/h5-9,11-12,14-15,19-22,27-28H,16-18H2,1-4H3,(H,30,34)/t21-,22-,27+,28-/m1/s1. The first-order valence-electron chi connectivity index (χ1n) is 12.6. The Hall–Kier alpha value is -3.63. The summed E-state index contributed by atoms with van der Waals surface area (Å²) < 4.78 is 13.9. The minimum atomic E-state index is -0.153. The Morgan fingerprint density at radius 2 is 1.78 bits per heavy atom. The van der Waals surface area contributed by atoms with Crippen LogP contribution < -0.4 is 10.1 Å². The Morgan fingerprint density at radius 1 is 1.06 bits per heavy atom. The van der Waals surface area contributed by atoms with Gasteiger partial charge in [0.15, 0.2) is 5.69 Å². The van der Waals surface area contributed by atoms with Crippen molar-refractivity contribution in [3.63, 3.8) is 0 Å². The number of nitrogens with one attached hydrogen (secondary N) is 1. The lowest BCUT2D eigenvalue weighted by molar-refractivity contribution is -0.129. The molecule has 36 heavy (non-hydrogen) atoms. The number of ether oxygens (including phenoxy) is 2. The van der Waals surface area contributed by atoms with Crippen LogP contribution in [0.15, 0.2) is 60.8 Å². The molecule has 2 heterocycles. The van der Waals surface area contributed by atoms with Gasteiger partial charge in [0, 0.05) is 11.6 Å². The molecule has 1 amide bonds. The molecular weight excluding hydrogens is 452 g/mol. The van der Waals surface area contributed by atoms with Gasteiger partial charge in [-0.3, -0.25) is 4.79 Å². The molecule has 188 valence electrons. The van der Waals surface area contributed by atoms with Gasteiger partial charge in [-0.1, -0.05) is 36.3 Å². The van der Waals surface area contributed by atoms with Crippen LogP contribution in [0.2, 0.25) is 0 Å². The average molecular weight is 487 g/mol. The Bertz CT molecular complexity index is 1190. The number of amides is 1. The Balaban J connectivity index is 1.28. The first-order chi connectivity index (χ1) is 17.4. The predicted octanol–water partition coefficient (Wildman–Crippen LogP) is 5.13. The van der Waals surface area contributed by atoms with Gasteiger partial charge in [0.2, 0.25) is 5.91 Å². The lowest BCUT2D eigenvalue weighted by Crippen LogP contribution is -2.39. The van der Waals surface area contributed by atoms with Gasteiger partial charge in [0.25, 0.3) is 0 Å². The molecule has 1 aromatic heterocycles. The zero-order chi connectivity index (χ0) is 25.5. The number of carbonyl (C=O) groups excluding carboxylic acids is 1. The van der Waals surface area contributed by atoms with Crippen LogP contribution in [0, 0.1) is 17.8 Å². The van der Waals surface area contributed by atoms with E-state index in [4.69, 9.17) is 9.47 Å². The van der Waals surface area contributed by atoms with Crippen molar-refractivity contribution in [2.75, 3.05) is 0 Å². The molecule has 0 bridgehead atoms. The van der Waals surface area contributed by atoms with Gasteiger partial charge < -0.3 is 14.8 Å². The second kappa shape index (κ2) is 11.9. The van der Waals surface area contributed by atoms with Crippen molar-refractivity contribution >= 4 is 5.91 Å². The van der Waals surface area contributed by atoms with Gasteiger partial charge in [-0.15, -0.1) is 5.10 Å². The van der Waals surface area contributed by atoms with Crippen molar-refractivity contribution < 1.29 is 14.3 Å². The molecule has 0 aliphatic carbocycles. The van der Waals surface area contributed by atoms with Gasteiger partial charge in [0.1, 0.15) is 11.5 Å². The van der Waals surface area contributed by atoms with Crippen molar-refractivity contribution in [3.05, 3.63) is 72.1 Å². The summed E-state index contributed by atoms with van der Waals surface area (Å²) in [6.07, 6.45) is 4.59. The van der Waals surface area contributed by atoms with Crippen LogP contribution in [-0.2, 0) is 9.53 Å². The lowest BCUT2D eigenvalue weighted by atomic mass is 10.00. The number of carbonyl (C=O) groups is 1. The molecule has 0 spiro atoms. The van der Waals surface area contributed by atoms with Crippen LogP contribution in [0.3, 0.4) is 0 Å². The van der Waals surface area contributed by atoms with Crippen molar-refractivity contribution in [2.24, 2.45) is 5.92 Å². The van der Waals surface area contributed by atoms with Gasteiger partial charge in [-0.25, -0.2) is 4.68 Å². The summed E-state index contributed by atoms with van der Waals surface area (Å²) in [5.41, 5.74) is 1.50. The average Bonchev–Trinajstić information content (AvgIpc) is 3.53. The topological polar surface area (TPSA) is 78.3 Å². The highest BCUT2D eigenvalue weighted by Gasteiger charge is 2.34. The van der Waals surface area contributed by atoms with Crippen LogP contribution in [0.25, 0.3) is 0 Å². The molecule has 0 saturated carbocycles. The third kappa shape index (κ3) is 6.96.